The zero-order chi connectivity index (χ0) is 21.3. The summed E-state index contributed by atoms with van der Waals surface area (Å²) >= 11 is 0. The quantitative estimate of drug-likeness (QED) is 0.357. The Kier molecular flexibility index (Phi) is 9.07. The smallest absolute Gasteiger partial charge is 0.118 e. The van der Waals surface area contributed by atoms with Crippen molar-refractivity contribution in [2.45, 2.75) is 97.3 Å². The zero-order valence-electron chi connectivity index (χ0n) is 18.9. The number of rotatable bonds is 12. The number of hydrogen-bond donors (Lipinski definition) is 2. The number of phenolic OH excluding ortho intramolecular Hbond substituents is 2. The Morgan fingerprint density at radius 3 is 1.48 bits per heavy atom. The molecule has 0 fully saturated rings. The van der Waals surface area contributed by atoms with E-state index in [0.29, 0.717) is 11.5 Å². The molecule has 2 aromatic rings. The third kappa shape index (κ3) is 6.52. The molecule has 2 aromatic carbocycles. The number of aromatic hydroxyl groups is 2. The summed E-state index contributed by atoms with van der Waals surface area (Å²) in [7, 11) is 0. The Bertz CT molecular complexity index is 712. The van der Waals surface area contributed by atoms with E-state index in [1.165, 1.54) is 68.9 Å². The van der Waals surface area contributed by atoms with Gasteiger partial charge in [-0.05, 0) is 54.7 Å². The monoisotopic (exact) mass is 396 g/mol. The molecule has 0 radical (unpaired) electrons. The van der Waals surface area contributed by atoms with Crippen LogP contribution in [0, 0.1) is 13.8 Å². The SMILES string of the molecule is CCCCCCCCCCCC(C)(c1ccc(O)c(C)c1)c1ccc(O)c(C)c1. The number of aryl methyl sites for hydroxylation is 2. The lowest BCUT2D eigenvalue weighted by molar-refractivity contribution is 0.456. The number of benzene rings is 2. The van der Waals surface area contributed by atoms with Crippen LogP contribution in [0.4, 0.5) is 0 Å². The maximum absolute atomic E-state index is 9.98. The average molecular weight is 397 g/mol. The van der Waals surface area contributed by atoms with Gasteiger partial charge in [0.1, 0.15) is 11.5 Å². The van der Waals surface area contributed by atoms with Crippen molar-refractivity contribution >= 4 is 0 Å². The van der Waals surface area contributed by atoms with E-state index >= 15 is 0 Å². The minimum Gasteiger partial charge on any atom is -0.508 e. The number of hydrogen-bond acceptors (Lipinski definition) is 2. The lowest BCUT2D eigenvalue weighted by Crippen LogP contribution is -2.24. The van der Waals surface area contributed by atoms with Gasteiger partial charge >= 0.3 is 0 Å². The third-order valence-corrected chi connectivity index (χ3v) is 6.45. The van der Waals surface area contributed by atoms with E-state index in [-0.39, 0.29) is 5.41 Å². The lowest BCUT2D eigenvalue weighted by atomic mass is 9.72. The first-order chi connectivity index (χ1) is 13.9. The van der Waals surface area contributed by atoms with Crippen LogP contribution < -0.4 is 0 Å². The Hall–Kier alpha value is -1.96. The topological polar surface area (TPSA) is 40.5 Å². The number of phenols is 2. The van der Waals surface area contributed by atoms with Gasteiger partial charge in [-0.15, -0.1) is 0 Å². The summed E-state index contributed by atoms with van der Waals surface area (Å²) in [5.41, 5.74) is 4.17. The molecule has 0 bridgehead atoms. The van der Waals surface area contributed by atoms with Crippen molar-refractivity contribution in [1.82, 2.24) is 0 Å². The van der Waals surface area contributed by atoms with Crippen LogP contribution in [0.1, 0.15) is 100 Å². The first-order valence-electron chi connectivity index (χ1n) is 11.5. The van der Waals surface area contributed by atoms with Crippen LogP contribution in [-0.2, 0) is 5.41 Å². The van der Waals surface area contributed by atoms with E-state index in [2.05, 4.69) is 38.1 Å². The van der Waals surface area contributed by atoms with Crippen LogP contribution in [-0.4, -0.2) is 10.2 Å². The molecule has 0 saturated heterocycles. The fraction of sp³-hybridized carbons (Fsp3) is 0.556. The van der Waals surface area contributed by atoms with E-state index in [9.17, 15) is 10.2 Å². The van der Waals surface area contributed by atoms with E-state index < -0.39 is 0 Å². The maximum Gasteiger partial charge on any atom is 0.118 e. The van der Waals surface area contributed by atoms with E-state index in [0.717, 1.165) is 17.5 Å². The van der Waals surface area contributed by atoms with Gasteiger partial charge in [-0.2, -0.15) is 0 Å². The molecule has 0 spiro atoms. The highest BCUT2D eigenvalue weighted by molar-refractivity contribution is 5.47. The van der Waals surface area contributed by atoms with Gasteiger partial charge in [0.25, 0.3) is 0 Å². The molecule has 0 aromatic heterocycles. The molecule has 0 saturated carbocycles. The molecule has 2 heteroatoms. The van der Waals surface area contributed by atoms with Gasteiger partial charge in [0.2, 0.25) is 0 Å². The maximum atomic E-state index is 9.98. The first kappa shape index (κ1) is 23.3. The Morgan fingerprint density at radius 1 is 0.655 bits per heavy atom. The first-order valence-corrected chi connectivity index (χ1v) is 11.5. The predicted molar refractivity (Wildman–Crippen MR) is 124 cm³/mol. The average Bonchev–Trinajstić information content (AvgIpc) is 2.70. The van der Waals surface area contributed by atoms with Gasteiger partial charge < -0.3 is 10.2 Å². The van der Waals surface area contributed by atoms with E-state index in [1.54, 1.807) is 0 Å². The molecule has 0 amide bonds. The molecule has 0 unspecified atom stereocenters. The van der Waals surface area contributed by atoms with E-state index in [1.807, 2.05) is 26.0 Å². The summed E-state index contributed by atoms with van der Waals surface area (Å²) in [5.74, 6) is 0.696. The summed E-state index contributed by atoms with van der Waals surface area (Å²) in [6, 6.07) is 12.0. The standard InChI is InChI=1S/C27H40O2/c1-5-6-7-8-9-10-11-12-13-18-27(4,23-14-16-25(28)21(2)19-23)24-15-17-26(29)22(3)20-24/h14-17,19-20,28-29H,5-13,18H2,1-4H3. The Labute approximate surface area is 178 Å². The molecule has 2 rings (SSSR count). The molecular formula is C27H40O2. The van der Waals surface area contributed by atoms with Gasteiger partial charge in [-0.1, -0.05) is 95.9 Å². The fourth-order valence-corrected chi connectivity index (χ4v) is 4.24. The normalized spacial score (nSPS) is 11.7. The van der Waals surface area contributed by atoms with Crippen LogP contribution in [0.2, 0.25) is 0 Å². The molecule has 2 nitrogen and oxygen atoms in total. The molecule has 2 N–H and O–H groups in total. The summed E-state index contributed by atoms with van der Waals surface area (Å²) in [5, 5.41) is 20.0. The third-order valence-electron chi connectivity index (χ3n) is 6.45. The fourth-order valence-electron chi connectivity index (χ4n) is 4.24. The van der Waals surface area contributed by atoms with Crippen molar-refractivity contribution in [3.8, 4) is 11.5 Å². The lowest BCUT2D eigenvalue weighted by Gasteiger charge is -2.32. The van der Waals surface area contributed by atoms with Gasteiger partial charge in [-0.3, -0.25) is 0 Å². The van der Waals surface area contributed by atoms with Crippen molar-refractivity contribution in [2.24, 2.45) is 0 Å². The summed E-state index contributed by atoms with van der Waals surface area (Å²) in [6.45, 7) is 8.48. The van der Waals surface area contributed by atoms with Crippen molar-refractivity contribution in [3.05, 3.63) is 58.7 Å². The molecule has 0 aliphatic heterocycles. The second-order valence-corrected chi connectivity index (χ2v) is 8.91. The minimum atomic E-state index is -0.127. The van der Waals surface area contributed by atoms with E-state index in [4.69, 9.17) is 0 Å². The van der Waals surface area contributed by atoms with Crippen molar-refractivity contribution in [3.63, 3.8) is 0 Å². The molecule has 0 aliphatic carbocycles. The van der Waals surface area contributed by atoms with Crippen molar-refractivity contribution < 1.29 is 10.2 Å². The molecule has 0 heterocycles. The number of unbranched alkanes of at least 4 members (excludes halogenated alkanes) is 8. The summed E-state index contributed by atoms with van der Waals surface area (Å²) in [4.78, 5) is 0. The largest absolute Gasteiger partial charge is 0.508 e. The van der Waals surface area contributed by atoms with Crippen LogP contribution >= 0.6 is 0 Å². The summed E-state index contributed by atoms with van der Waals surface area (Å²) in [6.07, 6.45) is 13.0. The highest BCUT2D eigenvalue weighted by atomic mass is 16.3. The van der Waals surface area contributed by atoms with Gasteiger partial charge in [0, 0.05) is 5.41 Å². The molecule has 0 atom stereocenters. The molecule has 160 valence electrons. The highest BCUT2D eigenvalue weighted by Gasteiger charge is 2.29. The predicted octanol–water partition coefficient (Wildman–Crippen LogP) is 7.94. The van der Waals surface area contributed by atoms with Crippen LogP contribution in [0.5, 0.6) is 11.5 Å². The molecule has 0 aliphatic rings. The van der Waals surface area contributed by atoms with Gasteiger partial charge in [0.15, 0.2) is 0 Å². The minimum absolute atomic E-state index is 0.127. The highest BCUT2D eigenvalue weighted by Crippen LogP contribution is 2.40. The van der Waals surface area contributed by atoms with Crippen molar-refractivity contribution in [1.29, 1.82) is 0 Å². The molecular weight excluding hydrogens is 356 g/mol. The Morgan fingerprint density at radius 2 is 1.07 bits per heavy atom. The van der Waals surface area contributed by atoms with Gasteiger partial charge in [-0.25, -0.2) is 0 Å². The van der Waals surface area contributed by atoms with Gasteiger partial charge in [0.05, 0.1) is 0 Å². The molecule has 29 heavy (non-hydrogen) atoms. The van der Waals surface area contributed by atoms with Crippen LogP contribution in [0.3, 0.4) is 0 Å². The van der Waals surface area contributed by atoms with Crippen molar-refractivity contribution in [2.75, 3.05) is 0 Å². The second-order valence-electron chi connectivity index (χ2n) is 8.91. The Balaban J connectivity index is 2.05. The summed E-state index contributed by atoms with van der Waals surface area (Å²) < 4.78 is 0. The van der Waals surface area contributed by atoms with Crippen LogP contribution in [0.25, 0.3) is 0 Å². The second kappa shape index (κ2) is 11.3. The van der Waals surface area contributed by atoms with Crippen LogP contribution in [0.15, 0.2) is 36.4 Å². The zero-order valence-corrected chi connectivity index (χ0v) is 18.9.